The molecule has 0 saturated carbocycles. The van der Waals surface area contributed by atoms with Gasteiger partial charge < -0.3 is 9.74 Å². The van der Waals surface area contributed by atoms with Gasteiger partial charge >= 0.3 is 12.1 Å². The smallest absolute Gasteiger partial charge is 0.325 e. The highest BCUT2D eigenvalue weighted by molar-refractivity contribution is 5.82. The van der Waals surface area contributed by atoms with Crippen molar-refractivity contribution < 1.29 is 22.8 Å². The lowest BCUT2D eigenvalue weighted by Gasteiger charge is -2.11. The van der Waals surface area contributed by atoms with E-state index in [0.29, 0.717) is 16.5 Å². The van der Waals surface area contributed by atoms with E-state index in [2.05, 4.69) is 4.84 Å². The molecule has 0 aliphatic carbocycles. The standard InChI is InChI=1S/C15H15F3N2O3/c1-19(2)7-5-10-3-4-11-6-8-20(13(21)12(11)9-10)23-14(22)15(16,17)18/h3-4,6,8-9H,5,7H2,1-2H3. The minimum absolute atomic E-state index is 0.193. The third kappa shape index (κ3) is 4.10. The Balaban J connectivity index is 2.36. The van der Waals surface area contributed by atoms with Crippen LogP contribution in [0.3, 0.4) is 0 Å². The van der Waals surface area contributed by atoms with Gasteiger partial charge in [0.15, 0.2) is 0 Å². The summed E-state index contributed by atoms with van der Waals surface area (Å²) < 4.78 is 37.0. The second kappa shape index (κ2) is 6.41. The average molecular weight is 328 g/mol. The molecule has 2 rings (SSSR count). The third-order valence-electron chi connectivity index (χ3n) is 3.20. The Kier molecular flexibility index (Phi) is 4.74. The Hall–Kier alpha value is -2.35. The van der Waals surface area contributed by atoms with Gasteiger partial charge in [-0.15, -0.1) is 4.73 Å². The van der Waals surface area contributed by atoms with Gasteiger partial charge in [-0.25, -0.2) is 4.79 Å². The second-order valence-corrected chi connectivity index (χ2v) is 5.30. The molecule has 2 aromatic rings. The Labute approximate surface area is 129 Å². The topological polar surface area (TPSA) is 51.5 Å². The van der Waals surface area contributed by atoms with Gasteiger partial charge in [-0.05, 0) is 43.6 Å². The number of pyridine rings is 1. The molecule has 8 heteroatoms. The summed E-state index contributed by atoms with van der Waals surface area (Å²) in [4.78, 5) is 29.1. The van der Waals surface area contributed by atoms with Gasteiger partial charge in [0, 0.05) is 12.7 Å². The lowest BCUT2D eigenvalue weighted by molar-refractivity contribution is -0.200. The van der Waals surface area contributed by atoms with Crippen LogP contribution in [-0.4, -0.2) is 42.4 Å². The summed E-state index contributed by atoms with van der Waals surface area (Å²) in [6, 6.07) is 6.56. The Bertz CT molecular complexity index is 782. The largest absolute Gasteiger partial charge is 0.493 e. The minimum Gasteiger partial charge on any atom is -0.325 e. The Morgan fingerprint density at radius 2 is 1.96 bits per heavy atom. The number of alkyl halides is 3. The molecule has 0 spiro atoms. The molecule has 0 unspecified atom stereocenters. The van der Waals surface area contributed by atoms with E-state index in [1.807, 2.05) is 25.1 Å². The number of nitrogens with zero attached hydrogens (tertiary/aromatic N) is 2. The molecule has 1 aromatic carbocycles. The number of halogens is 3. The van der Waals surface area contributed by atoms with Crippen LogP contribution >= 0.6 is 0 Å². The van der Waals surface area contributed by atoms with Gasteiger partial charge in [-0.3, -0.25) is 4.79 Å². The number of likely N-dealkylation sites (N-methyl/N-ethyl adjacent to an activating group) is 1. The molecule has 0 N–H and O–H groups in total. The van der Waals surface area contributed by atoms with Gasteiger partial charge in [-0.1, -0.05) is 12.1 Å². The van der Waals surface area contributed by atoms with Crippen LogP contribution in [0.2, 0.25) is 0 Å². The molecule has 0 aliphatic heterocycles. The maximum Gasteiger partial charge on any atom is 0.493 e. The number of hydrogen-bond acceptors (Lipinski definition) is 4. The van der Waals surface area contributed by atoms with Gasteiger partial charge in [0.2, 0.25) is 0 Å². The molecule has 1 heterocycles. The normalized spacial score (nSPS) is 11.9. The molecule has 0 bridgehead atoms. The number of aromatic nitrogens is 1. The van der Waals surface area contributed by atoms with Crippen LogP contribution in [0.5, 0.6) is 0 Å². The SMILES string of the molecule is CN(C)CCc1ccc2ccn(OC(=O)C(F)(F)F)c(=O)c2c1. The maximum absolute atomic E-state index is 12.2. The van der Waals surface area contributed by atoms with Gasteiger partial charge in [0.25, 0.3) is 5.56 Å². The zero-order chi connectivity index (χ0) is 17.2. The van der Waals surface area contributed by atoms with E-state index < -0.39 is 17.7 Å². The monoisotopic (exact) mass is 328 g/mol. The van der Waals surface area contributed by atoms with Crippen molar-refractivity contribution in [3.05, 3.63) is 46.4 Å². The molecule has 0 amide bonds. The van der Waals surface area contributed by atoms with E-state index in [1.54, 1.807) is 12.1 Å². The number of rotatable bonds is 4. The van der Waals surface area contributed by atoms with Gasteiger partial charge in [0.05, 0.1) is 5.39 Å². The summed E-state index contributed by atoms with van der Waals surface area (Å²) in [5.41, 5.74) is 0.0509. The van der Waals surface area contributed by atoms with Crippen molar-refractivity contribution in [2.45, 2.75) is 12.6 Å². The fraction of sp³-hybridized carbons (Fsp3) is 0.333. The number of benzene rings is 1. The summed E-state index contributed by atoms with van der Waals surface area (Å²) in [6.07, 6.45) is -3.49. The first-order valence-corrected chi connectivity index (χ1v) is 6.77. The van der Waals surface area contributed by atoms with E-state index in [1.165, 1.54) is 6.07 Å². The molecule has 1 aromatic heterocycles. The first-order valence-electron chi connectivity index (χ1n) is 6.77. The van der Waals surface area contributed by atoms with Gasteiger partial charge in [-0.2, -0.15) is 13.2 Å². The molecule has 124 valence electrons. The van der Waals surface area contributed by atoms with E-state index in [-0.39, 0.29) is 5.39 Å². The summed E-state index contributed by atoms with van der Waals surface area (Å²) >= 11 is 0. The summed E-state index contributed by atoms with van der Waals surface area (Å²) in [6.45, 7) is 0.760. The zero-order valence-electron chi connectivity index (χ0n) is 12.6. The molecule has 0 fully saturated rings. The predicted octanol–water partition coefficient (Wildman–Crippen LogP) is 1.62. The van der Waals surface area contributed by atoms with Crippen molar-refractivity contribution in [2.24, 2.45) is 0 Å². The summed E-state index contributed by atoms with van der Waals surface area (Å²) in [7, 11) is 3.81. The van der Waals surface area contributed by atoms with Crippen molar-refractivity contribution in [1.82, 2.24) is 9.63 Å². The third-order valence-corrected chi connectivity index (χ3v) is 3.20. The van der Waals surface area contributed by atoms with Crippen molar-refractivity contribution >= 4 is 16.7 Å². The Morgan fingerprint density at radius 3 is 2.57 bits per heavy atom. The van der Waals surface area contributed by atoms with Crippen LogP contribution < -0.4 is 10.4 Å². The van der Waals surface area contributed by atoms with Crippen molar-refractivity contribution in [3.8, 4) is 0 Å². The van der Waals surface area contributed by atoms with E-state index in [9.17, 15) is 22.8 Å². The van der Waals surface area contributed by atoms with Gasteiger partial charge in [0.1, 0.15) is 0 Å². The molecular weight excluding hydrogens is 313 g/mol. The highest BCUT2D eigenvalue weighted by Crippen LogP contribution is 2.16. The molecular formula is C15H15F3N2O3. The zero-order valence-corrected chi connectivity index (χ0v) is 12.6. The molecule has 0 saturated heterocycles. The number of carbonyl (C=O) groups excluding carboxylic acids is 1. The second-order valence-electron chi connectivity index (χ2n) is 5.30. The fourth-order valence-corrected chi connectivity index (χ4v) is 1.99. The quantitative estimate of drug-likeness (QED) is 0.856. The molecule has 0 radical (unpaired) electrons. The molecule has 0 aliphatic rings. The highest BCUT2D eigenvalue weighted by Gasteiger charge is 2.42. The fourth-order valence-electron chi connectivity index (χ4n) is 1.99. The molecule has 5 nitrogen and oxygen atoms in total. The maximum atomic E-state index is 12.2. The van der Waals surface area contributed by atoms with Crippen LogP contribution in [0, 0.1) is 0 Å². The van der Waals surface area contributed by atoms with E-state index >= 15 is 0 Å². The average Bonchev–Trinajstić information content (AvgIpc) is 2.47. The number of hydrogen-bond donors (Lipinski definition) is 0. The molecule has 0 atom stereocenters. The summed E-state index contributed by atoms with van der Waals surface area (Å²) in [5, 5.41) is 0.752. The molecule has 23 heavy (non-hydrogen) atoms. The van der Waals surface area contributed by atoms with E-state index in [4.69, 9.17) is 0 Å². The van der Waals surface area contributed by atoms with Crippen molar-refractivity contribution in [3.63, 3.8) is 0 Å². The van der Waals surface area contributed by atoms with Crippen LogP contribution in [0.4, 0.5) is 13.2 Å². The lowest BCUT2D eigenvalue weighted by atomic mass is 10.1. The first-order chi connectivity index (χ1) is 10.7. The van der Waals surface area contributed by atoms with Crippen LogP contribution in [0.15, 0.2) is 35.3 Å². The van der Waals surface area contributed by atoms with E-state index in [0.717, 1.165) is 18.3 Å². The van der Waals surface area contributed by atoms with Crippen molar-refractivity contribution in [1.29, 1.82) is 0 Å². The van der Waals surface area contributed by atoms with Crippen LogP contribution in [0.25, 0.3) is 10.8 Å². The first kappa shape index (κ1) is 17.0. The van der Waals surface area contributed by atoms with Crippen LogP contribution in [0.1, 0.15) is 5.56 Å². The van der Waals surface area contributed by atoms with Crippen LogP contribution in [-0.2, 0) is 11.2 Å². The van der Waals surface area contributed by atoms with Crippen molar-refractivity contribution in [2.75, 3.05) is 20.6 Å². The number of carbonyl (C=O) groups is 1. The highest BCUT2D eigenvalue weighted by atomic mass is 19.4. The lowest BCUT2D eigenvalue weighted by Crippen LogP contribution is -2.38. The predicted molar refractivity (Wildman–Crippen MR) is 78.1 cm³/mol. The Morgan fingerprint density at radius 1 is 1.26 bits per heavy atom. The summed E-state index contributed by atoms with van der Waals surface area (Å²) in [5.74, 6) is -2.44. The number of fused-ring (bicyclic) bond motifs is 1. The minimum atomic E-state index is -5.16.